The van der Waals surface area contributed by atoms with Crippen molar-refractivity contribution in [2.75, 3.05) is 19.0 Å². The van der Waals surface area contributed by atoms with E-state index < -0.39 is 30.1 Å². The van der Waals surface area contributed by atoms with Crippen LogP contribution < -0.4 is 0 Å². The van der Waals surface area contributed by atoms with E-state index in [0.29, 0.717) is 11.8 Å². The lowest BCUT2D eigenvalue weighted by Gasteiger charge is -2.32. The van der Waals surface area contributed by atoms with Gasteiger partial charge in [0.2, 0.25) is 0 Å². The summed E-state index contributed by atoms with van der Waals surface area (Å²) >= 11 is 0.600. The number of ether oxygens (including phenoxy) is 1. The lowest BCUT2D eigenvalue weighted by atomic mass is 10.1. The lowest BCUT2D eigenvalue weighted by Crippen LogP contribution is -2.51. The van der Waals surface area contributed by atoms with E-state index in [4.69, 9.17) is 0 Å². The largest absolute Gasteiger partial charge is 0.425 e. The maximum Gasteiger partial charge on any atom is 0.425 e. The first kappa shape index (κ1) is 13.0. The molecule has 0 radical (unpaired) electrons. The molecule has 0 aromatic heterocycles. The summed E-state index contributed by atoms with van der Waals surface area (Å²) in [6.07, 6.45) is -9.68. The Hall–Kier alpha value is -0.110. The molecule has 0 saturated carbocycles. The monoisotopic (exact) mass is 254 g/mol. The minimum absolute atomic E-state index is 0.144. The maximum absolute atomic E-state index is 13.0. The molecule has 0 aromatic rings. The molecule has 1 fully saturated rings. The second-order valence-corrected chi connectivity index (χ2v) is 4.32. The van der Waals surface area contributed by atoms with Gasteiger partial charge in [-0.3, -0.25) is 0 Å². The molecule has 1 aliphatic heterocycles. The number of rotatable bonds is 2. The Morgan fingerprint density at radius 1 is 1.20 bits per heavy atom. The Labute approximate surface area is 86.2 Å². The molecule has 1 nitrogen and oxygen atoms in total. The third-order valence-corrected chi connectivity index (χ3v) is 3.13. The molecule has 0 N–H and O–H groups in total. The molecule has 1 saturated heterocycles. The van der Waals surface area contributed by atoms with Gasteiger partial charge in [0.05, 0.1) is 18.5 Å². The van der Waals surface area contributed by atoms with Crippen LogP contribution in [-0.4, -0.2) is 42.5 Å². The molecule has 1 rings (SSSR count). The Morgan fingerprint density at radius 3 is 2.20 bits per heavy atom. The molecule has 0 aliphatic carbocycles. The van der Waals surface area contributed by atoms with E-state index in [9.17, 15) is 26.3 Å². The summed E-state index contributed by atoms with van der Waals surface area (Å²) < 4.78 is 78.5. The van der Waals surface area contributed by atoms with Crippen LogP contribution in [0.15, 0.2) is 0 Å². The van der Waals surface area contributed by atoms with E-state index >= 15 is 0 Å². The summed E-state index contributed by atoms with van der Waals surface area (Å²) in [6, 6.07) is 0. The highest BCUT2D eigenvalue weighted by Crippen LogP contribution is 2.42. The van der Waals surface area contributed by atoms with Crippen molar-refractivity contribution in [3.05, 3.63) is 0 Å². The fourth-order valence-corrected chi connectivity index (χ4v) is 2.12. The van der Waals surface area contributed by atoms with Gasteiger partial charge in [-0.1, -0.05) is 0 Å². The molecule has 8 heteroatoms. The van der Waals surface area contributed by atoms with Crippen LogP contribution in [0, 0.1) is 0 Å². The third kappa shape index (κ3) is 2.93. The third-order valence-electron chi connectivity index (χ3n) is 1.87. The highest BCUT2D eigenvalue weighted by molar-refractivity contribution is 8.00. The van der Waals surface area contributed by atoms with E-state index in [-0.39, 0.29) is 12.4 Å². The van der Waals surface area contributed by atoms with Crippen LogP contribution in [0.4, 0.5) is 26.3 Å². The number of hydrogen-bond donors (Lipinski definition) is 0. The van der Waals surface area contributed by atoms with Crippen LogP contribution >= 0.6 is 11.8 Å². The van der Waals surface area contributed by atoms with Gasteiger partial charge in [0.25, 0.3) is 6.17 Å². The van der Waals surface area contributed by atoms with E-state index in [1.54, 1.807) is 0 Å². The van der Waals surface area contributed by atoms with Gasteiger partial charge in [0, 0.05) is 5.75 Å². The van der Waals surface area contributed by atoms with Crippen molar-refractivity contribution in [1.29, 1.82) is 0 Å². The average molecular weight is 254 g/mol. The number of alkyl halides is 6. The predicted octanol–water partition coefficient (Wildman–Crippen LogP) is 2.65. The Balaban J connectivity index is 2.71. The highest BCUT2D eigenvalue weighted by atomic mass is 32.2. The summed E-state index contributed by atoms with van der Waals surface area (Å²) in [5.74, 6) is -4.30. The summed E-state index contributed by atoms with van der Waals surface area (Å²) in [4.78, 5) is 0. The summed E-state index contributed by atoms with van der Waals surface area (Å²) in [6.45, 7) is -0.367. The topological polar surface area (TPSA) is 9.23 Å². The number of halogens is 6. The summed E-state index contributed by atoms with van der Waals surface area (Å²) in [7, 11) is 0. The van der Waals surface area contributed by atoms with Crippen molar-refractivity contribution in [3.8, 4) is 0 Å². The van der Waals surface area contributed by atoms with Crippen molar-refractivity contribution >= 4 is 11.8 Å². The van der Waals surface area contributed by atoms with E-state index in [1.807, 2.05) is 0 Å². The van der Waals surface area contributed by atoms with Crippen LogP contribution in [0.3, 0.4) is 0 Å². The SMILES string of the molecule is FC(C(F)(F)F)C(F)(F)C1COCCS1. The zero-order valence-electron chi connectivity index (χ0n) is 7.36. The molecule has 1 aliphatic rings. The van der Waals surface area contributed by atoms with Gasteiger partial charge in [-0.15, -0.1) is 11.8 Å². The van der Waals surface area contributed by atoms with Crippen LogP contribution in [0.25, 0.3) is 0 Å². The Bertz CT molecular complexity index is 212. The maximum atomic E-state index is 13.0. The van der Waals surface area contributed by atoms with Crippen molar-refractivity contribution < 1.29 is 31.1 Å². The quantitative estimate of drug-likeness (QED) is 0.701. The first-order valence-corrected chi connectivity index (χ1v) is 5.09. The molecule has 0 bridgehead atoms. The zero-order valence-corrected chi connectivity index (χ0v) is 8.18. The normalized spacial score (nSPS) is 26.4. The van der Waals surface area contributed by atoms with Crippen LogP contribution in [0.2, 0.25) is 0 Å². The zero-order chi connectivity index (χ0) is 11.7. The first-order chi connectivity index (χ1) is 6.76. The highest BCUT2D eigenvalue weighted by Gasteiger charge is 2.60. The number of thioether (sulfide) groups is 1. The number of hydrogen-bond acceptors (Lipinski definition) is 2. The van der Waals surface area contributed by atoms with E-state index in [2.05, 4.69) is 4.74 Å². The average Bonchev–Trinajstić information content (AvgIpc) is 2.16. The van der Waals surface area contributed by atoms with Crippen molar-refractivity contribution in [2.24, 2.45) is 0 Å². The van der Waals surface area contributed by atoms with Crippen molar-refractivity contribution in [1.82, 2.24) is 0 Å². The molecule has 0 amide bonds. The molecule has 1 heterocycles. The fourth-order valence-electron chi connectivity index (χ4n) is 1.09. The first-order valence-electron chi connectivity index (χ1n) is 4.04. The second-order valence-electron chi connectivity index (χ2n) is 3.01. The van der Waals surface area contributed by atoms with E-state index in [0.717, 1.165) is 0 Å². The van der Waals surface area contributed by atoms with Crippen LogP contribution in [0.1, 0.15) is 0 Å². The van der Waals surface area contributed by atoms with Crippen molar-refractivity contribution in [2.45, 2.75) is 23.5 Å². The van der Waals surface area contributed by atoms with Gasteiger partial charge >= 0.3 is 12.1 Å². The van der Waals surface area contributed by atoms with Gasteiger partial charge in [-0.25, -0.2) is 13.2 Å². The summed E-state index contributed by atoms with van der Waals surface area (Å²) in [5.41, 5.74) is 0. The molecule has 2 atom stereocenters. The van der Waals surface area contributed by atoms with Gasteiger partial charge in [0.1, 0.15) is 0 Å². The van der Waals surface area contributed by atoms with E-state index in [1.165, 1.54) is 0 Å². The smallest absolute Gasteiger partial charge is 0.379 e. The minimum Gasteiger partial charge on any atom is -0.379 e. The standard InChI is InChI=1S/C7H8F6OS/c8-5(7(11,12)13)6(9,10)4-3-14-1-2-15-4/h4-5H,1-3H2. The minimum atomic E-state index is -5.54. The van der Waals surface area contributed by atoms with Crippen LogP contribution in [-0.2, 0) is 4.74 Å². The molecule has 90 valence electrons. The van der Waals surface area contributed by atoms with Gasteiger partial charge in [-0.05, 0) is 0 Å². The van der Waals surface area contributed by atoms with Crippen LogP contribution in [0.5, 0.6) is 0 Å². The lowest BCUT2D eigenvalue weighted by molar-refractivity contribution is -0.246. The fraction of sp³-hybridized carbons (Fsp3) is 1.00. The Morgan fingerprint density at radius 2 is 1.80 bits per heavy atom. The molecular formula is C7H8F6OS. The van der Waals surface area contributed by atoms with Gasteiger partial charge in [0.15, 0.2) is 0 Å². The molecule has 15 heavy (non-hydrogen) atoms. The molecule has 0 aromatic carbocycles. The summed E-state index contributed by atoms with van der Waals surface area (Å²) in [5, 5.41) is -1.78. The predicted molar refractivity (Wildman–Crippen MR) is 43.0 cm³/mol. The van der Waals surface area contributed by atoms with Gasteiger partial charge in [-0.2, -0.15) is 13.2 Å². The second kappa shape index (κ2) is 4.40. The van der Waals surface area contributed by atoms with Gasteiger partial charge < -0.3 is 4.74 Å². The molecule has 0 spiro atoms. The molecular weight excluding hydrogens is 246 g/mol. The van der Waals surface area contributed by atoms with Crippen molar-refractivity contribution in [3.63, 3.8) is 0 Å². The molecule has 2 unspecified atom stereocenters. The Kier molecular flexibility index (Phi) is 3.80.